The van der Waals surface area contributed by atoms with Gasteiger partial charge in [-0.05, 0) is 26.2 Å². The molecule has 2 aliphatic heterocycles. The standard InChI is InChI=1S/C21H27N7O2/c1-14-11-28-19(24-20(14)26-8-6-15(22)12-26)9-16(25-28)17-5-3-2-4-7-27(17)21(29)18-10-23-13-30-18/h9-11,13,15,17H,2-8,12,22H2,1H3/t15-,17-/m0/s1. The maximum atomic E-state index is 13.0. The first-order valence-electron chi connectivity index (χ1n) is 10.7. The molecule has 2 fully saturated rings. The number of fused-ring (bicyclic) bond motifs is 1. The van der Waals surface area contributed by atoms with Crippen LogP contribution < -0.4 is 10.6 Å². The van der Waals surface area contributed by atoms with E-state index in [0.717, 1.165) is 67.9 Å². The van der Waals surface area contributed by atoms with Crippen molar-refractivity contribution in [3.63, 3.8) is 0 Å². The molecule has 1 amide bonds. The molecule has 30 heavy (non-hydrogen) atoms. The van der Waals surface area contributed by atoms with Gasteiger partial charge in [-0.15, -0.1) is 0 Å². The highest BCUT2D eigenvalue weighted by atomic mass is 16.3. The quantitative estimate of drug-likeness (QED) is 0.707. The Morgan fingerprint density at radius 3 is 2.90 bits per heavy atom. The number of anilines is 1. The second-order valence-electron chi connectivity index (χ2n) is 8.34. The smallest absolute Gasteiger partial charge is 0.291 e. The number of aromatic nitrogens is 4. The normalized spacial score (nSPS) is 22.6. The minimum Gasteiger partial charge on any atom is -0.438 e. The van der Waals surface area contributed by atoms with Crippen LogP contribution in [0, 0.1) is 6.92 Å². The molecular formula is C21H27N7O2. The summed E-state index contributed by atoms with van der Waals surface area (Å²) in [5, 5.41) is 4.81. The minimum absolute atomic E-state index is 0.101. The summed E-state index contributed by atoms with van der Waals surface area (Å²) in [6.07, 6.45) is 9.77. The predicted molar refractivity (Wildman–Crippen MR) is 111 cm³/mol. The van der Waals surface area contributed by atoms with Crippen molar-refractivity contribution in [3.05, 3.63) is 41.9 Å². The van der Waals surface area contributed by atoms with E-state index in [1.165, 1.54) is 12.6 Å². The van der Waals surface area contributed by atoms with Crippen LogP contribution in [0.4, 0.5) is 5.82 Å². The topological polar surface area (TPSA) is 106 Å². The molecule has 0 spiro atoms. The summed E-state index contributed by atoms with van der Waals surface area (Å²) in [6.45, 7) is 4.49. The number of aryl methyl sites for hydroxylation is 1. The van der Waals surface area contributed by atoms with Crippen LogP contribution in [-0.2, 0) is 0 Å². The molecule has 0 aliphatic carbocycles. The lowest BCUT2D eigenvalue weighted by Gasteiger charge is -2.27. The van der Waals surface area contributed by atoms with Gasteiger partial charge in [-0.25, -0.2) is 14.5 Å². The monoisotopic (exact) mass is 409 g/mol. The Morgan fingerprint density at radius 2 is 2.13 bits per heavy atom. The van der Waals surface area contributed by atoms with Crippen LogP contribution in [0.25, 0.3) is 5.65 Å². The number of rotatable bonds is 3. The Balaban J connectivity index is 1.49. The molecule has 9 heteroatoms. The highest BCUT2D eigenvalue weighted by molar-refractivity contribution is 5.91. The summed E-state index contributed by atoms with van der Waals surface area (Å²) in [5.74, 6) is 1.11. The lowest BCUT2D eigenvalue weighted by Crippen LogP contribution is -2.34. The molecule has 0 unspecified atom stereocenters. The van der Waals surface area contributed by atoms with Crippen molar-refractivity contribution < 1.29 is 9.21 Å². The average Bonchev–Trinajstić information content (AvgIpc) is 3.45. The van der Waals surface area contributed by atoms with Gasteiger partial charge in [-0.1, -0.05) is 12.8 Å². The van der Waals surface area contributed by atoms with E-state index >= 15 is 0 Å². The van der Waals surface area contributed by atoms with Crippen LogP contribution in [0.3, 0.4) is 0 Å². The molecule has 0 radical (unpaired) electrons. The van der Waals surface area contributed by atoms with E-state index in [9.17, 15) is 4.79 Å². The first kappa shape index (κ1) is 19.0. The SMILES string of the molecule is Cc1cn2nc([C@@H]3CCCCCN3C(=O)c3cnco3)cc2nc1N1CC[C@H](N)C1. The molecule has 3 aromatic rings. The summed E-state index contributed by atoms with van der Waals surface area (Å²) >= 11 is 0. The van der Waals surface area contributed by atoms with Gasteiger partial charge in [0.15, 0.2) is 12.0 Å². The fraction of sp³-hybridized carbons (Fsp3) is 0.524. The summed E-state index contributed by atoms with van der Waals surface area (Å²) in [5.41, 5.74) is 8.82. The van der Waals surface area contributed by atoms with E-state index in [4.69, 9.17) is 20.2 Å². The number of carbonyl (C=O) groups excluding carboxylic acids is 1. The van der Waals surface area contributed by atoms with Gasteiger partial charge in [-0.2, -0.15) is 5.10 Å². The molecule has 158 valence electrons. The largest absolute Gasteiger partial charge is 0.438 e. The van der Waals surface area contributed by atoms with Crippen LogP contribution in [0.2, 0.25) is 0 Å². The first-order chi connectivity index (χ1) is 14.6. The van der Waals surface area contributed by atoms with Gasteiger partial charge < -0.3 is 20.0 Å². The highest BCUT2D eigenvalue weighted by Crippen LogP contribution is 2.32. The fourth-order valence-electron chi connectivity index (χ4n) is 4.60. The van der Waals surface area contributed by atoms with Crippen LogP contribution in [-0.4, -0.2) is 56.1 Å². The molecule has 2 N–H and O–H groups in total. The van der Waals surface area contributed by atoms with E-state index in [0.29, 0.717) is 6.54 Å². The van der Waals surface area contributed by atoms with E-state index in [-0.39, 0.29) is 23.8 Å². The van der Waals surface area contributed by atoms with Crippen molar-refractivity contribution in [2.75, 3.05) is 24.5 Å². The summed E-state index contributed by atoms with van der Waals surface area (Å²) in [4.78, 5) is 26.0. The number of oxazole rings is 1. The van der Waals surface area contributed by atoms with Crippen LogP contribution in [0.1, 0.15) is 60.0 Å². The zero-order chi connectivity index (χ0) is 20.7. The van der Waals surface area contributed by atoms with Crippen molar-refractivity contribution in [2.24, 2.45) is 5.73 Å². The number of hydrogen-bond donors (Lipinski definition) is 1. The molecule has 3 aromatic heterocycles. The zero-order valence-corrected chi connectivity index (χ0v) is 17.2. The van der Waals surface area contributed by atoms with Crippen molar-refractivity contribution in [1.82, 2.24) is 24.5 Å². The van der Waals surface area contributed by atoms with Crippen molar-refractivity contribution >= 4 is 17.4 Å². The molecule has 2 saturated heterocycles. The minimum atomic E-state index is -0.132. The Hall–Kier alpha value is -2.94. The van der Waals surface area contributed by atoms with Crippen LogP contribution >= 0.6 is 0 Å². The second-order valence-corrected chi connectivity index (χ2v) is 8.34. The molecule has 0 saturated carbocycles. The van der Waals surface area contributed by atoms with Gasteiger partial charge in [0.05, 0.1) is 17.9 Å². The van der Waals surface area contributed by atoms with Crippen molar-refractivity contribution in [3.8, 4) is 0 Å². The van der Waals surface area contributed by atoms with E-state index in [2.05, 4.69) is 16.8 Å². The van der Waals surface area contributed by atoms with Crippen LogP contribution in [0.15, 0.2) is 29.3 Å². The first-order valence-corrected chi connectivity index (χ1v) is 10.7. The lowest BCUT2D eigenvalue weighted by molar-refractivity contribution is 0.0644. The number of carbonyl (C=O) groups is 1. The van der Waals surface area contributed by atoms with Gasteiger partial charge in [0.1, 0.15) is 5.82 Å². The third-order valence-corrected chi connectivity index (χ3v) is 6.15. The van der Waals surface area contributed by atoms with Gasteiger partial charge in [0, 0.05) is 43.5 Å². The van der Waals surface area contributed by atoms with Crippen molar-refractivity contribution in [2.45, 2.75) is 51.1 Å². The predicted octanol–water partition coefficient (Wildman–Crippen LogP) is 2.32. The molecule has 9 nitrogen and oxygen atoms in total. The molecule has 2 atom stereocenters. The van der Waals surface area contributed by atoms with E-state index in [1.54, 1.807) is 0 Å². The second kappa shape index (κ2) is 7.71. The maximum absolute atomic E-state index is 13.0. The molecule has 0 bridgehead atoms. The Bertz CT molecular complexity index is 1050. The third-order valence-electron chi connectivity index (χ3n) is 6.15. The number of nitrogens with zero attached hydrogens (tertiary/aromatic N) is 6. The summed E-state index contributed by atoms with van der Waals surface area (Å²) in [6, 6.07) is 2.11. The number of nitrogens with two attached hydrogens (primary N) is 1. The van der Waals surface area contributed by atoms with E-state index < -0.39 is 0 Å². The third kappa shape index (κ3) is 3.43. The Kier molecular flexibility index (Phi) is 4.90. The number of hydrogen-bond acceptors (Lipinski definition) is 7. The highest BCUT2D eigenvalue weighted by Gasteiger charge is 2.31. The van der Waals surface area contributed by atoms with Gasteiger partial charge in [0.2, 0.25) is 5.76 Å². The molecule has 2 aliphatic rings. The van der Waals surface area contributed by atoms with Gasteiger partial charge in [-0.3, -0.25) is 4.79 Å². The Morgan fingerprint density at radius 1 is 1.23 bits per heavy atom. The molecule has 5 rings (SSSR count). The molecule has 5 heterocycles. The Labute approximate surface area is 174 Å². The lowest BCUT2D eigenvalue weighted by atomic mass is 10.1. The van der Waals surface area contributed by atoms with E-state index in [1.807, 2.05) is 21.7 Å². The van der Waals surface area contributed by atoms with Gasteiger partial charge in [0.25, 0.3) is 5.91 Å². The molecule has 0 aromatic carbocycles. The maximum Gasteiger partial charge on any atom is 0.291 e. The molecular weight excluding hydrogens is 382 g/mol. The van der Waals surface area contributed by atoms with Crippen LogP contribution in [0.5, 0.6) is 0 Å². The zero-order valence-electron chi connectivity index (χ0n) is 17.2. The summed E-state index contributed by atoms with van der Waals surface area (Å²) < 4.78 is 7.10. The summed E-state index contributed by atoms with van der Waals surface area (Å²) in [7, 11) is 0. The average molecular weight is 409 g/mol. The van der Waals surface area contributed by atoms with Crippen molar-refractivity contribution in [1.29, 1.82) is 0 Å². The van der Waals surface area contributed by atoms with Gasteiger partial charge >= 0.3 is 0 Å². The number of amides is 1. The number of likely N-dealkylation sites (tertiary alicyclic amines) is 1. The fourth-order valence-corrected chi connectivity index (χ4v) is 4.60.